The summed E-state index contributed by atoms with van der Waals surface area (Å²) in [5.74, 6) is 2.30. The second-order valence-electron chi connectivity index (χ2n) is 5.96. The van der Waals surface area contributed by atoms with Gasteiger partial charge in [-0.3, -0.25) is 0 Å². The summed E-state index contributed by atoms with van der Waals surface area (Å²) >= 11 is 0. The van der Waals surface area contributed by atoms with E-state index in [1.807, 2.05) is 33.2 Å². The Balaban J connectivity index is 1.81. The molecule has 3 heterocycles. The van der Waals surface area contributed by atoms with Gasteiger partial charge in [0, 0.05) is 43.6 Å². The maximum absolute atomic E-state index is 4.61. The number of aromatic nitrogens is 3. The normalized spacial score (nSPS) is 18.3. The molecule has 116 valence electrons. The van der Waals surface area contributed by atoms with Crippen LogP contribution in [0.2, 0.25) is 0 Å². The van der Waals surface area contributed by atoms with Gasteiger partial charge in [-0.25, -0.2) is 15.0 Å². The summed E-state index contributed by atoms with van der Waals surface area (Å²) in [4.78, 5) is 15.8. The first-order valence-corrected chi connectivity index (χ1v) is 7.86. The van der Waals surface area contributed by atoms with Crippen LogP contribution < -0.4 is 10.2 Å². The molecule has 0 bridgehead atoms. The highest BCUT2D eigenvalue weighted by Crippen LogP contribution is 2.29. The van der Waals surface area contributed by atoms with E-state index in [1.165, 1.54) is 12.0 Å². The van der Waals surface area contributed by atoms with Gasteiger partial charge in [-0.1, -0.05) is 0 Å². The van der Waals surface area contributed by atoms with Crippen LogP contribution in [0, 0.1) is 13.8 Å². The molecule has 0 aliphatic carbocycles. The Bertz CT molecular complexity index is 635. The second-order valence-corrected chi connectivity index (χ2v) is 5.96. The van der Waals surface area contributed by atoms with Crippen molar-refractivity contribution in [3.63, 3.8) is 0 Å². The Morgan fingerprint density at radius 3 is 2.68 bits per heavy atom. The maximum Gasteiger partial charge on any atom is 0.225 e. The van der Waals surface area contributed by atoms with Crippen molar-refractivity contribution in [1.29, 1.82) is 0 Å². The average Bonchev–Trinajstić information content (AvgIpc) is 2.54. The average molecular weight is 297 g/mol. The molecule has 3 rings (SSSR count). The van der Waals surface area contributed by atoms with E-state index >= 15 is 0 Å². The summed E-state index contributed by atoms with van der Waals surface area (Å²) in [6, 6.07) is 6.29. The number of hydrogen-bond donors (Lipinski definition) is 1. The summed E-state index contributed by atoms with van der Waals surface area (Å²) in [6.07, 6.45) is 4.25. The van der Waals surface area contributed by atoms with Crippen LogP contribution in [0.5, 0.6) is 0 Å². The molecule has 1 N–H and O–H groups in total. The minimum absolute atomic E-state index is 0.508. The number of rotatable bonds is 3. The van der Waals surface area contributed by atoms with Crippen LogP contribution in [-0.2, 0) is 0 Å². The van der Waals surface area contributed by atoms with E-state index in [9.17, 15) is 0 Å². The van der Waals surface area contributed by atoms with Crippen molar-refractivity contribution in [1.82, 2.24) is 15.0 Å². The highest BCUT2D eigenvalue weighted by Gasteiger charge is 2.23. The maximum atomic E-state index is 4.61. The number of nitrogens with zero attached hydrogens (tertiary/aromatic N) is 4. The van der Waals surface area contributed by atoms with Crippen LogP contribution in [-0.4, -0.2) is 35.1 Å². The van der Waals surface area contributed by atoms with E-state index in [1.54, 1.807) is 0 Å². The summed E-state index contributed by atoms with van der Waals surface area (Å²) in [6.45, 7) is 6.06. The third-order valence-electron chi connectivity index (χ3n) is 4.19. The fraction of sp³-hybridized carbons (Fsp3) is 0.471. The lowest BCUT2D eigenvalue weighted by molar-refractivity contribution is 0.503. The molecule has 1 aliphatic rings. The summed E-state index contributed by atoms with van der Waals surface area (Å²) in [7, 11) is 1.91. The zero-order valence-corrected chi connectivity index (χ0v) is 13.5. The Kier molecular flexibility index (Phi) is 4.22. The van der Waals surface area contributed by atoms with E-state index in [0.717, 1.165) is 42.7 Å². The van der Waals surface area contributed by atoms with Gasteiger partial charge in [0.1, 0.15) is 5.82 Å². The molecule has 2 aromatic rings. The molecule has 1 atom stereocenters. The van der Waals surface area contributed by atoms with Crippen LogP contribution in [0.4, 0.5) is 11.8 Å². The summed E-state index contributed by atoms with van der Waals surface area (Å²) in [5, 5.41) is 3.11. The van der Waals surface area contributed by atoms with Crippen molar-refractivity contribution < 1.29 is 0 Å². The SMILES string of the molecule is CNc1cc(C2CCCN(c3nc(C)cc(C)n3)C2)ccn1. The Morgan fingerprint density at radius 1 is 1.18 bits per heavy atom. The van der Waals surface area contributed by atoms with Crippen LogP contribution >= 0.6 is 0 Å². The number of pyridine rings is 1. The predicted molar refractivity (Wildman–Crippen MR) is 89.5 cm³/mol. The van der Waals surface area contributed by atoms with Crippen molar-refractivity contribution in [2.75, 3.05) is 30.4 Å². The molecule has 5 heteroatoms. The molecular formula is C17H23N5. The topological polar surface area (TPSA) is 53.9 Å². The van der Waals surface area contributed by atoms with Crippen molar-refractivity contribution >= 4 is 11.8 Å². The van der Waals surface area contributed by atoms with E-state index < -0.39 is 0 Å². The zero-order valence-electron chi connectivity index (χ0n) is 13.5. The van der Waals surface area contributed by atoms with Crippen LogP contribution in [0.1, 0.15) is 35.7 Å². The lowest BCUT2D eigenvalue weighted by Gasteiger charge is -2.33. The quantitative estimate of drug-likeness (QED) is 0.944. The van der Waals surface area contributed by atoms with Gasteiger partial charge in [0.15, 0.2) is 0 Å². The van der Waals surface area contributed by atoms with E-state index in [0.29, 0.717) is 5.92 Å². The molecule has 5 nitrogen and oxygen atoms in total. The van der Waals surface area contributed by atoms with Gasteiger partial charge in [-0.15, -0.1) is 0 Å². The van der Waals surface area contributed by atoms with Crippen molar-refractivity contribution in [2.45, 2.75) is 32.6 Å². The number of nitrogens with one attached hydrogen (secondary N) is 1. The monoisotopic (exact) mass is 297 g/mol. The lowest BCUT2D eigenvalue weighted by Crippen LogP contribution is -2.35. The van der Waals surface area contributed by atoms with Crippen molar-refractivity contribution in [2.24, 2.45) is 0 Å². The number of hydrogen-bond acceptors (Lipinski definition) is 5. The molecule has 1 saturated heterocycles. The fourth-order valence-corrected chi connectivity index (χ4v) is 3.12. The third-order valence-corrected chi connectivity index (χ3v) is 4.19. The first kappa shape index (κ1) is 14.8. The Hall–Kier alpha value is -2.17. The van der Waals surface area contributed by atoms with Crippen LogP contribution in [0.3, 0.4) is 0 Å². The summed E-state index contributed by atoms with van der Waals surface area (Å²) < 4.78 is 0. The molecular weight excluding hydrogens is 274 g/mol. The lowest BCUT2D eigenvalue weighted by atomic mass is 9.91. The summed E-state index contributed by atoms with van der Waals surface area (Å²) in [5.41, 5.74) is 3.41. The molecule has 2 aromatic heterocycles. The minimum Gasteiger partial charge on any atom is -0.373 e. The van der Waals surface area contributed by atoms with Crippen LogP contribution in [0.25, 0.3) is 0 Å². The molecule has 22 heavy (non-hydrogen) atoms. The predicted octanol–water partition coefficient (Wildman–Crippen LogP) is 2.91. The van der Waals surface area contributed by atoms with Gasteiger partial charge in [-0.2, -0.15) is 0 Å². The first-order valence-electron chi connectivity index (χ1n) is 7.86. The molecule has 0 amide bonds. The van der Waals surface area contributed by atoms with Gasteiger partial charge in [0.25, 0.3) is 0 Å². The molecule has 1 aliphatic heterocycles. The van der Waals surface area contributed by atoms with E-state index in [4.69, 9.17) is 0 Å². The molecule has 0 saturated carbocycles. The van der Waals surface area contributed by atoms with Crippen molar-refractivity contribution in [3.05, 3.63) is 41.3 Å². The molecule has 0 radical (unpaired) electrons. The molecule has 1 unspecified atom stereocenters. The van der Waals surface area contributed by atoms with Gasteiger partial charge in [-0.05, 0) is 50.5 Å². The molecule has 0 aromatic carbocycles. The van der Waals surface area contributed by atoms with Gasteiger partial charge < -0.3 is 10.2 Å². The third kappa shape index (κ3) is 3.18. The fourth-order valence-electron chi connectivity index (χ4n) is 3.12. The largest absolute Gasteiger partial charge is 0.373 e. The highest BCUT2D eigenvalue weighted by molar-refractivity contribution is 5.40. The number of anilines is 2. The van der Waals surface area contributed by atoms with Gasteiger partial charge in [0.05, 0.1) is 0 Å². The Labute approximate surface area is 131 Å². The van der Waals surface area contributed by atoms with Gasteiger partial charge in [0.2, 0.25) is 5.95 Å². The smallest absolute Gasteiger partial charge is 0.225 e. The number of aryl methyl sites for hydroxylation is 2. The first-order chi connectivity index (χ1) is 10.7. The van der Waals surface area contributed by atoms with Crippen molar-refractivity contribution in [3.8, 4) is 0 Å². The van der Waals surface area contributed by atoms with Crippen LogP contribution in [0.15, 0.2) is 24.4 Å². The van der Waals surface area contributed by atoms with E-state index in [-0.39, 0.29) is 0 Å². The number of piperidine rings is 1. The highest BCUT2D eigenvalue weighted by atomic mass is 15.3. The van der Waals surface area contributed by atoms with Gasteiger partial charge >= 0.3 is 0 Å². The second kappa shape index (κ2) is 6.30. The van der Waals surface area contributed by atoms with E-state index in [2.05, 4.69) is 37.3 Å². The standard InChI is InChI=1S/C17H23N5/c1-12-9-13(2)21-17(20-12)22-8-4-5-15(11-22)14-6-7-19-16(10-14)18-3/h6-7,9-10,15H,4-5,8,11H2,1-3H3,(H,18,19). The minimum atomic E-state index is 0.508. The molecule has 0 spiro atoms. The molecule has 1 fully saturated rings. The zero-order chi connectivity index (χ0) is 15.5. The Morgan fingerprint density at radius 2 is 1.95 bits per heavy atom.